The van der Waals surface area contributed by atoms with Gasteiger partial charge in [-0.3, -0.25) is 0 Å². The summed E-state index contributed by atoms with van der Waals surface area (Å²) in [7, 11) is -1.60. The largest absolute Gasteiger partial charge is 0.398 e. The molecule has 6 nitrogen and oxygen atoms in total. The van der Waals surface area contributed by atoms with E-state index in [9.17, 15) is 8.42 Å². The van der Waals surface area contributed by atoms with E-state index in [1.54, 1.807) is 18.2 Å². The summed E-state index contributed by atoms with van der Waals surface area (Å²) in [6.45, 7) is 2.46. The number of rotatable bonds is 4. The maximum absolute atomic E-state index is 12.1. The van der Waals surface area contributed by atoms with Crippen molar-refractivity contribution >= 4 is 15.7 Å². The lowest BCUT2D eigenvalue weighted by molar-refractivity contribution is -0.0156. The molecular formula is C12H19N3O3S. The van der Waals surface area contributed by atoms with E-state index in [-0.39, 0.29) is 23.2 Å². The van der Waals surface area contributed by atoms with Crippen molar-refractivity contribution < 1.29 is 13.2 Å². The normalized spacial score (nSPS) is 21.4. The fraction of sp³-hybridized carbons (Fsp3) is 0.500. The van der Waals surface area contributed by atoms with E-state index >= 15 is 0 Å². The van der Waals surface area contributed by atoms with Gasteiger partial charge in [-0.2, -0.15) is 0 Å². The van der Waals surface area contributed by atoms with Crippen molar-refractivity contribution in [3.8, 4) is 0 Å². The third kappa shape index (κ3) is 3.66. The molecule has 3 N–H and O–H groups in total. The van der Waals surface area contributed by atoms with Gasteiger partial charge in [0.15, 0.2) is 0 Å². The van der Waals surface area contributed by atoms with Crippen LogP contribution in [0.25, 0.3) is 0 Å². The molecule has 0 saturated carbocycles. The molecule has 19 heavy (non-hydrogen) atoms. The van der Waals surface area contributed by atoms with Crippen LogP contribution in [0.3, 0.4) is 0 Å². The van der Waals surface area contributed by atoms with Gasteiger partial charge in [-0.05, 0) is 19.2 Å². The Morgan fingerprint density at radius 3 is 2.89 bits per heavy atom. The average molecular weight is 285 g/mol. The second kappa shape index (κ2) is 5.87. The maximum atomic E-state index is 12.1. The summed E-state index contributed by atoms with van der Waals surface area (Å²) in [5.41, 5.74) is 5.93. The number of para-hydroxylation sites is 1. The van der Waals surface area contributed by atoms with Crippen LogP contribution in [-0.2, 0) is 14.8 Å². The Balaban J connectivity index is 2.00. The number of nitrogens with zero attached hydrogens (tertiary/aromatic N) is 1. The molecule has 1 saturated heterocycles. The second-order valence-corrected chi connectivity index (χ2v) is 6.38. The summed E-state index contributed by atoms with van der Waals surface area (Å²) in [5, 5.41) is 0. The topological polar surface area (TPSA) is 84.7 Å². The first-order chi connectivity index (χ1) is 8.99. The number of nitrogens with two attached hydrogens (primary N) is 1. The highest BCUT2D eigenvalue weighted by atomic mass is 32.2. The number of hydrogen-bond acceptors (Lipinski definition) is 5. The van der Waals surface area contributed by atoms with Crippen LogP contribution in [0.1, 0.15) is 0 Å². The highest BCUT2D eigenvalue weighted by Gasteiger charge is 2.22. The smallest absolute Gasteiger partial charge is 0.242 e. The van der Waals surface area contributed by atoms with E-state index in [1.165, 1.54) is 6.07 Å². The van der Waals surface area contributed by atoms with E-state index in [4.69, 9.17) is 10.5 Å². The molecule has 1 unspecified atom stereocenters. The highest BCUT2D eigenvalue weighted by molar-refractivity contribution is 7.89. The molecule has 0 aromatic heterocycles. The van der Waals surface area contributed by atoms with Crippen molar-refractivity contribution in [3.05, 3.63) is 24.3 Å². The van der Waals surface area contributed by atoms with Gasteiger partial charge in [0.25, 0.3) is 0 Å². The first-order valence-electron chi connectivity index (χ1n) is 6.13. The Labute approximate surface area is 113 Å². The monoisotopic (exact) mass is 285 g/mol. The predicted molar refractivity (Wildman–Crippen MR) is 73.3 cm³/mol. The van der Waals surface area contributed by atoms with E-state index in [2.05, 4.69) is 9.62 Å². The summed E-state index contributed by atoms with van der Waals surface area (Å²) in [6, 6.07) is 6.41. The van der Waals surface area contributed by atoms with Gasteiger partial charge in [-0.25, -0.2) is 13.1 Å². The fourth-order valence-electron chi connectivity index (χ4n) is 2.00. The number of morpholine rings is 1. The van der Waals surface area contributed by atoms with Gasteiger partial charge in [0.2, 0.25) is 10.0 Å². The highest BCUT2D eigenvalue weighted by Crippen LogP contribution is 2.16. The molecule has 0 aliphatic carbocycles. The van der Waals surface area contributed by atoms with Gasteiger partial charge in [-0.1, -0.05) is 12.1 Å². The number of nitrogens with one attached hydrogen (secondary N) is 1. The first kappa shape index (κ1) is 14.3. The van der Waals surface area contributed by atoms with Gasteiger partial charge >= 0.3 is 0 Å². The van der Waals surface area contributed by atoms with Crippen LogP contribution in [0.5, 0.6) is 0 Å². The molecule has 0 spiro atoms. The van der Waals surface area contributed by atoms with Crippen LogP contribution in [0.2, 0.25) is 0 Å². The predicted octanol–water partition coefficient (Wildman–Crippen LogP) is -0.122. The van der Waals surface area contributed by atoms with Gasteiger partial charge in [-0.15, -0.1) is 0 Å². The molecule has 1 aliphatic heterocycles. The number of likely N-dealkylation sites (N-methyl/N-ethyl adjacent to an activating group) is 1. The Kier molecular flexibility index (Phi) is 4.41. The third-order valence-electron chi connectivity index (χ3n) is 3.05. The minimum absolute atomic E-state index is 0.110. The Morgan fingerprint density at radius 1 is 1.47 bits per heavy atom. The molecule has 1 aromatic rings. The van der Waals surface area contributed by atoms with E-state index in [1.807, 2.05) is 7.05 Å². The fourth-order valence-corrected chi connectivity index (χ4v) is 3.19. The molecule has 7 heteroatoms. The van der Waals surface area contributed by atoms with E-state index in [0.717, 1.165) is 6.54 Å². The molecule has 1 atom stereocenters. The molecule has 1 aliphatic rings. The molecule has 0 radical (unpaired) electrons. The summed E-state index contributed by atoms with van der Waals surface area (Å²) in [4.78, 5) is 2.22. The third-order valence-corrected chi connectivity index (χ3v) is 4.55. The molecular weight excluding hydrogens is 266 g/mol. The maximum Gasteiger partial charge on any atom is 0.242 e. The lowest BCUT2D eigenvalue weighted by atomic mass is 10.3. The average Bonchev–Trinajstić information content (AvgIpc) is 2.37. The zero-order valence-corrected chi connectivity index (χ0v) is 11.7. The second-order valence-electron chi connectivity index (χ2n) is 4.64. The van der Waals surface area contributed by atoms with Gasteiger partial charge < -0.3 is 15.4 Å². The van der Waals surface area contributed by atoms with Crippen molar-refractivity contribution in [2.75, 3.05) is 39.0 Å². The first-order valence-corrected chi connectivity index (χ1v) is 7.61. The summed E-state index contributed by atoms with van der Waals surface area (Å²) >= 11 is 0. The number of hydrogen-bond donors (Lipinski definition) is 2. The van der Waals surface area contributed by atoms with Crippen LogP contribution in [0, 0.1) is 0 Å². The Hall–Kier alpha value is -1.15. The number of nitrogen functional groups attached to an aromatic ring is 1. The van der Waals surface area contributed by atoms with Crippen LogP contribution >= 0.6 is 0 Å². The lowest BCUT2D eigenvalue weighted by Crippen LogP contribution is -2.45. The lowest BCUT2D eigenvalue weighted by Gasteiger charge is -2.30. The van der Waals surface area contributed by atoms with Gasteiger partial charge in [0.1, 0.15) is 4.90 Å². The molecule has 1 aromatic carbocycles. The van der Waals surface area contributed by atoms with Crippen molar-refractivity contribution in [2.45, 2.75) is 11.0 Å². The van der Waals surface area contributed by atoms with Crippen LogP contribution in [0.15, 0.2) is 29.2 Å². The minimum atomic E-state index is -3.58. The number of benzene rings is 1. The molecule has 1 heterocycles. The van der Waals surface area contributed by atoms with Crippen molar-refractivity contribution in [2.24, 2.45) is 0 Å². The van der Waals surface area contributed by atoms with E-state index < -0.39 is 10.0 Å². The molecule has 1 fully saturated rings. The van der Waals surface area contributed by atoms with Crippen LogP contribution in [0.4, 0.5) is 5.69 Å². The van der Waals surface area contributed by atoms with Gasteiger partial charge in [0, 0.05) is 19.6 Å². The summed E-state index contributed by atoms with van der Waals surface area (Å²) in [5.74, 6) is 0. The number of anilines is 1. The quantitative estimate of drug-likeness (QED) is 0.753. The van der Waals surface area contributed by atoms with Crippen molar-refractivity contribution in [1.29, 1.82) is 0 Å². The number of sulfonamides is 1. The summed E-state index contributed by atoms with van der Waals surface area (Å²) in [6.07, 6.45) is -0.126. The number of ether oxygens (including phenoxy) is 1. The van der Waals surface area contributed by atoms with E-state index in [0.29, 0.717) is 13.2 Å². The zero-order valence-electron chi connectivity index (χ0n) is 10.9. The SMILES string of the molecule is CN1CCOC(CNS(=O)(=O)c2ccccc2N)C1. The molecule has 0 amide bonds. The van der Waals surface area contributed by atoms with Crippen molar-refractivity contribution in [3.63, 3.8) is 0 Å². The summed E-state index contributed by atoms with van der Waals surface area (Å²) < 4.78 is 32.3. The van der Waals surface area contributed by atoms with Crippen LogP contribution < -0.4 is 10.5 Å². The molecule has 0 bridgehead atoms. The Bertz CT molecular complexity index is 533. The molecule has 2 rings (SSSR count). The standard InChI is InChI=1S/C12H19N3O3S/c1-15-6-7-18-10(9-15)8-14-19(16,17)12-5-3-2-4-11(12)13/h2-5,10,14H,6-9,13H2,1H3. The Morgan fingerprint density at radius 2 is 2.21 bits per heavy atom. The zero-order chi connectivity index (χ0) is 13.9. The van der Waals surface area contributed by atoms with Gasteiger partial charge in [0.05, 0.1) is 18.4 Å². The molecule has 106 valence electrons. The van der Waals surface area contributed by atoms with Crippen LogP contribution in [-0.4, -0.2) is 52.7 Å². The van der Waals surface area contributed by atoms with Crippen molar-refractivity contribution in [1.82, 2.24) is 9.62 Å². The minimum Gasteiger partial charge on any atom is -0.398 e.